The number of benzene rings is 1. The molecule has 0 radical (unpaired) electrons. The van der Waals surface area contributed by atoms with Crippen molar-refractivity contribution < 1.29 is 22.3 Å². The van der Waals surface area contributed by atoms with E-state index in [2.05, 4.69) is 9.97 Å². The Hall–Kier alpha value is -2.95. The molecule has 0 atom stereocenters. The number of carbonyl (C=O) groups is 1. The maximum Gasteiger partial charge on any atom is 0.304 e. The van der Waals surface area contributed by atoms with Crippen molar-refractivity contribution in [1.82, 2.24) is 19.0 Å². The van der Waals surface area contributed by atoms with E-state index in [1.807, 2.05) is 4.72 Å². The number of methoxy groups -OCH3 is 1. The van der Waals surface area contributed by atoms with Crippen LogP contribution in [0.4, 0.5) is 4.39 Å². The maximum absolute atomic E-state index is 14.0. The largest absolute Gasteiger partial charge is 0.496 e. The summed E-state index contributed by atoms with van der Waals surface area (Å²) in [6, 6.07) is 5.98. The Morgan fingerprint density at radius 2 is 2.09 bits per heavy atom. The minimum atomic E-state index is -3.89. The summed E-state index contributed by atoms with van der Waals surface area (Å²) in [7, 11) is -2.39. The molecule has 3 heterocycles. The Bertz CT molecular complexity index is 1350. The molecule has 3 aromatic rings. The van der Waals surface area contributed by atoms with Gasteiger partial charge in [0.15, 0.2) is 0 Å². The van der Waals surface area contributed by atoms with Crippen molar-refractivity contribution in [3.8, 4) is 16.9 Å². The first-order valence-corrected chi connectivity index (χ1v) is 11.5. The maximum atomic E-state index is 14.0. The molecule has 0 aliphatic carbocycles. The summed E-state index contributed by atoms with van der Waals surface area (Å²) in [5.41, 5.74) is 3.15. The molecular weight excluding hydrogens is 459 g/mol. The van der Waals surface area contributed by atoms with Crippen LogP contribution in [0.3, 0.4) is 0 Å². The zero-order valence-corrected chi connectivity index (χ0v) is 18.8. The minimum Gasteiger partial charge on any atom is -0.496 e. The number of ether oxygens (including phenoxy) is 1. The lowest BCUT2D eigenvalue weighted by Gasteiger charge is -2.25. The number of amides is 1. The fraction of sp³-hybridized carbons (Fsp3) is 0.238. The number of hydrogen-bond acceptors (Lipinski definition) is 5. The van der Waals surface area contributed by atoms with Crippen molar-refractivity contribution in [2.24, 2.45) is 0 Å². The van der Waals surface area contributed by atoms with Gasteiger partial charge in [0.2, 0.25) is 5.91 Å². The molecule has 0 bridgehead atoms. The number of aromatic amines is 1. The number of fused-ring (bicyclic) bond motifs is 1. The van der Waals surface area contributed by atoms with E-state index in [1.54, 1.807) is 24.4 Å². The number of H-pyrrole nitrogens is 1. The summed E-state index contributed by atoms with van der Waals surface area (Å²) in [5.74, 6) is -0.564. The van der Waals surface area contributed by atoms with Crippen LogP contribution in [-0.4, -0.2) is 48.8 Å². The highest BCUT2D eigenvalue weighted by molar-refractivity contribution is 7.87. The van der Waals surface area contributed by atoms with Crippen LogP contribution in [0.25, 0.3) is 27.7 Å². The molecule has 32 heavy (non-hydrogen) atoms. The Kier molecular flexibility index (Phi) is 5.93. The van der Waals surface area contributed by atoms with Crippen molar-refractivity contribution in [3.63, 3.8) is 0 Å². The lowest BCUT2D eigenvalue weighted by molar-refractivity contribution is -0.117. The summed E-state index contributed by atoms with van der Waals surface area (Å²) in [6.45, 7) is 1.41. The first-order valence-electron chi connectivity index (χ1n) is 9.69. The van der Waals surface area contributed by atoms with E-state index in [0.717, 1.165) is 12.5 Å². The third kappa shape index (κ3) is 4.08. The lowest BCUT2D eigenvalue weighted by Crippen LogP contribution is -2.44. The molecule has 0 fully saturated rings. The van der Waals surface area contributed by atoms with Gasteiger partial charge in [0, 0.05) is 37.2 Å². The topological polar surface area (TPSA) is 104 Å². The summed E-state index contributed by atoms with van der Waals surface area (Å²) in [6.07, 6.45) is 3.71. The molecule has 1 aromatic carbocycles. The van der Waals surface area contributed by atoms with Gasteiger partial charge in [0.25, 0.3) is 0 Å². The molecule has 1 aliphatic rings. The molecule has 8 nitrogen and oxygen atoms in total. The molecular formula is C21H20ClFN4O4S. The molecule has 4 rings (SSSR count). The summed E-state index contributed by atoms with van der Waals surface area (Å²) in [5, 5.41) is 1.01. The number of rotatable bonds is 5. The number of aromatic nitrogens is 2. The predicted octanol–water partition coefficient (Wildman–Crippen LogP) is 3.50. The van der Waals surface area contributed by atoms with Gasteiger partial charge in [-0.25, -0.2) is 14.1 Å². The van der Waals surface area contributed by atoms with E-state index in [0.29, 0.717) is 45.0 Å². The smallest absolute Gasteiger partial charge is 0.304 e. The van der Waals surface area contributed by atoms with Crippen LogP contribution < -0.4 is 9.46 Å². The number of halogens is 2. The molecule has 0 saturated carbocycles. The SMILES string of the molecule is COc1ccc(F)cc1-c1ccnc2[nH]c(C3=CCN(S(=O)(=O)NC(C)=O)CC3)c(Cl)c12. The van der Waals surface area contributed by atoms with Gasteiger partial charge in [-0.2, -0.15) is 12.7 Å². The quantitative estimate of drug-likeness (QED) is 0.584. The van der Waals surface area contributed by atoms with Crippen LogP contribution in [0, 0.1) is 5.82 Å². The number of carbonyl (C=O) groups excluding carboxylic acids is 1. The fourth-order valence-electron chi connectivity index (χ4n) is 3.76. The Balaban J connectivity index is 1.75. The molecule has 1 aliphatic heterocycles. The van der Waals surface area contributed by atoms with E-state index < -0.39 is 21.9 Å². The van der Waals surface area contributed by atoms with Crippen LogP contribution in [0.5, 0.6) is 5.75 Å². The monoisotopic (exact) mass is 478 g/mol. The number of hydrogen-bond donors (Lipinski definition) is 2. The molecule has 1 amide bonds. The van der Waals surface area contributed by atoms with E-state index in [-0.39, 0.29) is 13.1 Å². The van der Waals surface area contributed by atoms with Crippen molar-refractivity contribution in [3.05, 3.63) is 53.1 Å². The average molecular weight is 479 g/mol. The highest BCUT2D eigenvalue weighted by atomic mass is 35.5. The van der Waals surface area contributed by atoms with Gasteiger partial charge in [-0.1, -0.05) is 17.7 Å². The summed E-state index contributed by atoms with van der Waals surface area (Å²) >= 11 is 6.74. The highest BCUT2D eigenvalue weighted by Crippen LogP contribution is 2.41. The van der Waals surface area contributed by atoms with Gasteiger partial charge in [0.05, 0.1) is 17.8 Å². The minimum absolute atomic E-state index is 0.0850. The van der Waals surface area contributed by atoms with E-state index in [1.165, 1.54) is 23.5 Å². The zero-order valence-electron chi connectivity index (χ0n) is 17.3. The third-order valence-electron chi connectivity index (χ3n) is 5.19. The number of nitrogens with zero attached hydrogens (tertiary/aromatic N) is 2. The zero-order chi connectivity index (χ0) is 23.0. The van der Waals surface area contributed by atoms with E-state index in [9.17, 15) is 17.6 Å². The van der Waals surface area contributed by atoms with Crippen molar-refractivity contribution in [2.75, 3.05) is 20.2 Å². The second kappa shape index (κ2) is 8.53. The summed E-state index contributed by atoms with van der Waals surface area (Å²) < 4.78 is 46.9. The number of pyridine rings is 1. The standard InChI is InChI=1S/C21H20ClFN4O4S/c1-12(28)26-32(29,30)27-9-6-13(7-10-27)20-19(22)18-15(5-8-24-21(18)25-20)16-11-14(23)3-4-17(16)31-2/h3-6,8,11H,7,9-10H2,1-2H3,(H,24,25)(H,26,28). The second-order valence-electron chi connectivity index (χ2n) is 7.24. The van der Waals surface area contributed by atoms with Gasteiger partial charge in [-0.3, -0.25) is 4.79 Å². The molecule has 0 saturated heterocycles. The molecule has 2 N–H and O–H groups in total. The van der Waals surface area contributed by atoms with Crippen LogP contribution in [-0.2, 0) is 15.0 Å². The van der Waals surface area contributed by atoms with Crippen LogP contribution >= 0.6 is 11.6 Å². The molecule has 0 spiro atoms. The van der Waals surface area contributed by atoms with Crippen molar-refractivity contribution in [1.29, 1.82) is 0 Å². The van der Waals surface area contributed by atoms with Crippen LogP contribution in [0.15, 0.2) is 36.5 Å². The van der Waals surface area contributed by atoms with Crippen LogP contribution in [0.1, 0.15) is 19.0 Å². The molecule has 168 valence electrons. The third-order valence-corrected chi connectivity index (χ3v) is 7.13. The first-order chi connectivity index (χ1) is 15.2. The number of nitrogens with one attached hydrogen (secondary N) is 2. The average Bonchev–Trinajstić information content (AvgIpc) is 3.09. The van der Waals surface area contributed by atoms with Gasteiger partial charge in [-0.15, -0.1) is 0 Å². The highest BCUT2D eigenvalue weighted by Gasteiger charge is 2.27. The first kappa shape index (κ1) is 22.3. The van der Waals surface area contributed by atoms with Gasteiger partial charge >= 0.3 is 10.2 Å². The Morgan fingerprint density at radius 1 is 1.31 bits per heavy atom. The normalized spacial score (nSPS) is 14.9. The fourth-order valence-corrected chi connectivity index (χ4v) is 5.21. The van der Waals surface area contributed by atoms with E-state index in [4.69, 9.17) is 16.3 Å². The Labute approximate surface area is 189 Å². The lowest BCUT2D eigenvalue weighted by atomic mass is 10.0. The van der Waals surface area contributed by atoms with Gasteiger partial charge in [0.1, 0.15) is 17.2 Å². The molecule has 0 unspecified atom stereocenters. The Morgan fingerprint density at radius 3 is 2.75 bits per heavy atom. The molecule has 2 aromatic heterocycles. The summed E-state index contributed by atoms with van der Waals surface area (Å²) in [4.78, 5) is 18.7. The predicted molar refractivity (Wildman–Crippen MR) is 120 cm³/mol. The van der Waals surface area contributed by atoms with Gasteiger partial charge < -0.3 is 9.72 Å². The second-order valence-corrected chi connectivity index (χ2v) is 9.29. The molecule has 11 heteroatoms. The van der Waals surface area contributed by atoms with Crippen molar-refractivity contribution >= 4 is 44.3 Å². The van der Waals surface area contributed by atoms with Crippen molar-refractivity contribution in [2.45, 2.75) is 13.3 Å². The van der Waals surface area contributed by atoms with Crippen LogP contribution in [0.2, 0.25) is 5.02 Å². The van der Waals surface area contributed by atoms with Gasteiger partial charge in [-0.05, 0) is 41.8 Å². The van der Waals surface area contributed by atoms with E-state index >= 15 is 0 Å².